The van der Waals surface area contributed by atoms with Crippen molar-refractivity contribution in [1.29, 1.82) is 0 Å². The SMILES string of the molecule is [N-]=[N+]=CC(=O)C1C2CC3SC(C2)SC1S3. The number of Topliss-reactive ketones (excluding diaryl/α,β-unsaturated/α-hetero) is 1. The Bertz CT molecular complexity index is 325. The number of ketones is 1. The van der Waals surface area contributed by atoms with E-state index < -0.39 is 0 Å². The van der Waals surface area contributed by atoms with Gasteiger partial charge < -0.3 is 5.53 Å². The molecule has 6 heteroatoms. The van der Waals surface area contributed by atoms with Crippen molar-refractivity contribution in [2.45, 2.75) is 26.6 Å². The van der Waals surface area contributed by atoms with E-state index >= 15 is 0 Å². The summed E-state index contributed by atoms with van der Waals surface area (Å²) in [5.41, 5.74) is 8.42. The number of carbonyl (C=O) groups excluding carboxylic acids is 1. The van der Waals surface area contributed by atoms with Crippen LogP contribution in [0.4, 0.5) is 0 Å². The van der Waals surface area contributed by atoms with E-state index in [1.54, 1.807) is 0 Å². The highest BCUT2D eigenvalue weighted by Gasteiger charge is 2.52. The van der Waals surface area contributed by atoms with Crippen LogP contribution in [0.2, 0.25) is 0 Å². The molecule has 0 N–H and O–H groups in total. The third kappa shape index (κ3) is 1.68. The van der Waals surface area contributed by atoms with Crippen molar-refractivity contribution in [2.75, 3.05) is 0 Å². The maximum Gasteiger partial charge on any atom is 0.323 e. The van der Waals surface area contributed by atoms with Crippen LogP contribution in [0.1, 0.15) is 12.8 Å². The van der Waals surface area contributed by atoms with Crippen molar-refractivity contribution in [2.24, 2.45) is 11.8 Å². The van der Waals surface area contributed by atoms with Crippen molar-refractivity contribution >= 4 is 47.3 Å². The van der Waals surface area contributed by atoms with Crippen LogP contribution >= 0.6 is 35.3 Å². The van der Waals surface area contributed by atoms with Gasteiger partial charge in [-0.05, 0) is 18.8 Å². The first-order chi connectivity index (χ1) is 7.28. The fourth-order valence-electron chi connectivity index (χ4n) is 2.57. The summed E-state index contributed by atoms with van der Waals surface area (Å²) in [4.78, 5) is 14.7. The second-order valence-corrected chi connectivity index (χ2v) is 9.04. The molecule has 3 unspecified atom stereocenters. The second-order valence-electron chi connectivity index (χ2n) is 4.04. The van der Waals surface area contributed by atoms with Gasteiger partial charge in [-0.25, -0.2) is 0 Å². The molecule has 80 valence electrons. The van der Waals surface area contributed by atoms with Crippen LogP contribution < -0.4 is 0 Å². The molecule has 3 atom stereocenters. The van der Waals surface area contributed by atoms with Gasteiger partial charge in [0.05, 0.1) is 19.7 Å². The minimum atomic E-state index is 0.0105. The zero-order chi connectivity index (χ0) is 10.4. The van der Waals surface area contributed by atoms with E-state index in [1.165, 1.54) is 0 Å². The molecule has 0 amide bonds. The van der Waals surface area contributed by atoms with E-state index in [-0.39, 0.29) is 11.7 Å². The van der Waals surface area contributed by atoms with E-state index in [0.717, 1.165) is 19.1 Å². The number of carbonyl (C=O) groups is 1. The van der Waals surface area contributed by atoms with Gasteiger partial charge in [0.25, 0.3) is 0 Å². The molecule has 4 heterocycles. The summed E-state index contributed by atoms with van der Waals surface area (Å²) in [6.07, 6.45) is 3.39. The Labute approximate surface area is 101 Å². The Morgan fingerprint density at radius 2 is 1.93 bits per heavy atom. The number of hydrogen-bond acceptors (Lipinski definition) is 4. The van der Waals surface area contributed by atoms with Crippen molar-refractivity contribution in [3.8, 4) is 0 Å². The van der Waals surface area contributed by atoms with Gasteiger partial charge in [0, 0.05) is 0 Å². The van der Waals surface area contributed by atoms with E-state index in [2.05, 4.69) is 16.6 Å². The smallest absolute Gasteiger partial charge is 0.323 e. The fraction of sp³-hybridized carbons (Fsp3) is 0.778. The maximum atomic E-state index is 11.8. The summed E-state index contributed by atoms with van der Waals surface area (Å²) in [7, 11) is 0. The van der Waals surface area contributed by atoms with Crippen LogP contribution in [0.3, 0.4) is 0 Å². The van der Waals surface area contributed by atoms with Gasteiger partial charge in [-0.1, -0.05) is 0 Å². The molecule has 4 aliphatic heterocycles. The molecule has 4 aliphatic rings. The molecule has 4 bridgehead atoms. The molecule has 0 radical (unpaired) electrons. The molecule has 4 rings (SSSR count). The Morgan fingerprint density at radius 1 is 1.27 bits per heavy atom. The minimum Gasteiger partial charge on any atom is -0.361 e. The quantitative estimate of drug-likeness (QED) is 0.432. The summed E-state index contributed by atoms with van der Waals surface area (Å²) in [6.45, 7) is 0. The van der Waals surface area contributed by atoms with E-state index in [1.807, 2.05) is 23.5 Å². The molecule has 4 fully saturated rings. The Balaban J connectivity index is 1.85. The predicted octanol–water partition coefficient (Wildman–Crippen LogP) is 2.09. The zero-order valence-corrected chi connectivity index (χ0v) is 10.4. The van der Waals surface area contributed by atoms with Gasteiger partial charge in [-0.3, -0.25) is 4.79 Å². The monoisotopic (exact) mass is 258 g/mol. The van der Waals surface area contributed by atoms with Crippen molar-refractivity contribution in [3.05, 3.63) is 5.53 Å². The highest BCUT2D eigenvalue weighted by Crippen LogP contribution is 2.63. The molecule has 0 aliphatic carbocycles. The van der Waals surface area contributed by atoms with Crippen LogP contribution in [0.25, 0.3) is 5.53 Å². The van der Waals surface area contributed by atoms with Gasteiger partial charge in [-0.15, -0.1) is 35.3 Å². The van der Waals surface area contributed by atoms with Crippen LogP contribution in [0, 0.1) is 11.8 Å². The first kappa shape index (κ1) is 10.3. The summed E-state index contributed by atoms with van der Waals surface area (Å²) in [6, 6.07) is 0. The van der Waals surface area contributed by atoms with Gasteiger partial charge in [-0.2, -0.15) is 4.79 Å². The van der Waals surface area contributed by atoms with E-state index in [4.69, 9.17) is 5.53 Å². The van der Waals surface area contributed by atoms with Gasteiger partial charge in [0.15, 0.2) is 0 Å². The molecular weight excluding hydrogens is 248 g/mol. The lowest BCUT2D eigenvalue weighted by Crippen LogP contribution is -2.47. The largest absolute Gasteiger partial charge is 0.361 e. The van der Waals surface area contributed by atoms with Crippen LogP contribution in [0.15, 0.2) is 0 Å². The Morgan fingerprint density at radius 3 is 2.47 bits per heavy atom. The molecule has 0 aromatic rings. The van der Waals surface area contributed by atoms with E-state index in [9.17, 15) is 4.79 Å². The standard InChI is InChI=1S/C9H10N2OS3/c10-11-3-5(12)8-4-1-6-13-7(2-4)15-9(8)14-6/h3-4,6-9H,1-2H2. The zero-order valence-electron chi connectivity index (χ0n) is 7.91. The molecule has 3 nitrogen and oxygen atoms in total. The first-order valence-corrected chi connectivity index (χ1v) is 7.78. The van der Waals surface area contributed by atoms with Crippen molar-refractivity contribution in [1.82, 2.24) is 0 Å². The molecule has 0 aromatic carbocycles. The maximum absolute atomic E-state index is 11.8. The number of hydrogen-bond donors (Lipinski definition) is 0. The lowest BCUT2D eigenvalue weighted by molar-refractivity contribution is -0.121. The van der Waals surface area contributed by atoms with Crippen LogP contribution in [-0.4, -0.2) is 30.5 Å². The van der Waals surface area contributed by atoms with Gasteiger partial charge in [0.1, 0.15) is 0 Å². The van der Waals surface area contributed by atoms with Crippen molar-refractivity contribution in [3.63, 3.8) is 0 Å². The highest BCUT2D eigenvalue weighted by atomic mass is 32.3. The third-order valence-corrected chi connectivity index (χ3v) is 8.29. The highest BCUT2D eigenvalue weighted by molar-refractivity contribution is 8.33. The molecule has 0 aromatic heterocycles. The average Bonchev–Trinajstić information content (AvgIpc) is 2.15. The van der Waals surface area contributed by atoms with Crippen LogP contribution in [-0.2, 0) is 4.79 Å². The Hall–Kier alpha value is 0.100. The summed E-state index contributed by atoms with van der Waals surface area (Å²) in [5.74, 6) is 0.625. The molecule has 0 spiro atoms. The first-order valence-electron chi connectivity index (χ1n) is 4.95. The molecule has 0 saturated carbocycles. The van der Waals surface area contributed by atoms with Gasteiger partial charge in [0.2, 0.25) is 5.78 Å². The number of rotatable bonds is 2. The summed E-state index contributed by atoms with van der Waals surface area (Å²) < 4.78 is 1.81. The number of nitrogens with zero attached hydrogens (tertiary/aromatic N) is 2. The summed E-state index contributed by atoms with van der Waals surface area (Å²) >= 11 is 5.93. The predicted molar refractivity (Wildman–Crippen MR) is 65.0 cm³/mol. The van der Waals surface area contributed by atoms with Crippen molar-refractivity contribution < 1.29 is 9.58 Å². The fourth-order valence-corrected chi connectivity index (χ4v) is 9.72. The Kier molecular flexibility index (Phi) is 2.63. The molecule has 15 heavy (non-hydrogen) atoms. The third-order valence-electron chi connectivity index (χ3n) is 3.18. The topological polar surface area (TPSA) is 53.5 Å². The normalized spacial score (nSPS) is 46.3. The average molecular weight is 258 g/mol. The number of thioether (sulfide) groups is 3. The summed E-state index contributed by atoms with van der Waals surface area (Å²) in [5, 5.41) is 0. The van der Waals surface area contributed by atoms with Gasteiger partial charge >= 0.3 is 6.21 Å². The lowest BCUT2D eigenvalue weighted by atomic mass is 9.85. The van der Waals surface area contributed by atoms with E-state index in [0.29, 0.717) is 19.7 Å². The van der Waals surface area contributed by atoms with Crippen LogP contribution in [0.5, 0.6) is 0 Å². The lowest BCUT2D eigenvalue weighted by Gasteiger charge is -2.51. The second kappa shape index (κ2) is 3.84. The molecule has 4 saturated heterocycles. The molecular formula is C9H10N2OS3. The minimum absolute atomic E-state index is 0.0105.